The van der Waals surface area contributed by atoms with Crippen LogP contribution in [0.5, 0.6) is 0 Å². The predicted molar refractivity (Wildman–Crippen MR) is 49.3 cm³/mol. The van der Waals surface area contributed by atoms with Crippen molar-refractivity contribution in [3.05, 3.63) is 12.2 Å². The van der Waals surface area contributed by atoms with Gasteiger partial charge in [-0.1, -0.05) is 19.1 Å². The van der Waals surface area contributed by atoms with Gasteiger partial charge in [0, 0.05) is 12.3 Å². The Morgan fingerprint density at radius 1 is 1.46 bits per heavy atom. The summed E-state index contributed by atoms with van der Waals surface area (Å²) in [4.78, 5) is 10.3. The molecule has 1 atom stereocenters. The summed E-state index contributed by atoms with van der Waals surface area (Å²) in [5.41, 5.74) is 0. The van der Waals surface area contributed by atoms with Gasteiger partial charge in [0.1, 0.15) is 6.29 Å². The highest BCUT2D eigenvalue weighted by atomic mass is 16.7. The highest BCUT2D eigenvalue weighted by Gasteiger charge is 2.11. The number of carbonyl (C=O) groups excluding carboxylic acids is 1. The number of allylic oxidation sites excluding steroid dienone is 1. The number of aldehydes is 1. The van der Waals surface area contributed by atoms with Crippen LogP contribution in [0.3, 0.4) is 0 Å². The monoisotopic (exact) mass is 184 g/mol. The normalized spacial score (nSPS) is 21.9. The van der Waals surface area contributed by atoms with Gasteiger partial charge in [-0.15, -0.1) is 0 Å². The van der Waals surface area contributed by atoms with Crippen LogP contribution in [0.4, 0.5) is 0 Å². The van der Waals surface area contributed by atoms with E-state index in [0.29, 0.717) is 0 Å². The number of rotatable bonds is 4. The van der Waals surface area contributed by atoms with Gasteiger partial charge in [0.2, 0.25) is 0 Å². The van der Waals surface area contributed by atoms with Gasteiger partial charge in [0.25, 0.3) is 0 Å². The van der Waals surface area contributed by atoms with Gasteiger partial charge in [0.05, 0.1) is 13.2 Å². The maximum Gasteiger partial charge on any atom is 0.160 e. The standard InChI is InChI=1S/C10H16O3/c1-9(8-11)4-2-5-10-12-6-3-7-13-10/h2,4,8-10H,3,5-7H2,1H3. The van der Waals surface area contributed by atoms with Crippen LogP contribution >= 0.6 is 0 Å². The molecular weight excluding hydrogens is 168 g/mol. The minimum atomic E-state index is -0.108. The lowest BCUT2D eigenvalue weighted by Crippen LogP contribution is -2.24. The summed E-state index contributed by atoms with van der Waals surface area (Å²) in [7, 11) is 0. The van der Waals surface area contributed by atoms with Gasteiger partial charge < -0.3 is 14.3 Å². The molecule has 13 heavy (non-hydrogen) atoms. The fourth-order valence-electron chi connectivity index (χ4n) is 1.12. The second kappa shape index (κ2) is 5.89. The molecule has 74 valence electrons. The molecular formula is C10H16O3. The lowest BCUT2D eigenvalue weighted by Gasteiger charge is -2.21. The van der Waals surface area contributed by atoms with Crippen molar-refractivity contribution in [1.82, 2.24) is 0 Å². The lowest BCUT2D eigenvalue weighted by molar-refractivity contribution is -0.175. The third-order valence-electron chi connectivity index (χ3n) is 1.88. The fraction of sp³-hybridized carbons (Fsp3) is 0.700. The maximum absolute atomic E-state index is 10.3. The van der Waals surface area contributed by atoms with E-state index in [9.17, 15) is 4.79 Å². The smallest absolute Gasteiger partial charge is 0.160 e. The van der Waals surface area contributed by atoms with Crippen LogP contribution in [0, 0.1) is 5.92 Å². The highest BCUT2D eigenvalue weighted by Crippen LogP contribution is 2.09. The van der Waals surface area contributed by atoms with E-state index in [-0.39, 0.29) is 12.2 Å². The van der Waals surface area contributed by atoms with Gasteiger partial charge in [0.15, 0.2) is 6.29 Å². The zero-order chi connectivity index (χ0) is 9.52. The molecule has 0 spiro atoms. The molecule has 0 aromatic rings. The molecule has 0 N–H and O–H groups in total. The number of carbonyl (C=O) groups is 1. The van der Waals surface area contributed by atoms with Crippen LogP contribution in [0.25, 0.3) is 0 Å². The molecule has 0 aromatic heterocycles. The Balaban J connectivity index is 2.16. The van der Waals surface area contributed by atoms with Crippen molar-refractivity contribution in [2.24, 2.45) is 5.92 Å². The molecule has 0 bridgehead atoms. The van der Waals surface area contributed by atoms with E-state index in [4.69, 9.17) is 9.47 Å². The van der Waals surface area contributed by atoms with Gasteiger partial charge in [-0.25, -0.2) is 0 Å². The summed E-state index contributed by atoms with van der Waals surface area (Å²) in [6.45, 7) is 3.41. The first-order valence-electron chi connectivity index (χ1n) is 4.68. The molecule has 0 aromatic carbocycles. The lowest BCUT2D eigenvalue weighted by atomic mass is 10.2. The molecule has 1 fully saturated rings. The van der Waals surface area contributed by atoms with Crippen molar-refractivity contribution in [2.75, 3.05) is 13.2 Å². The number of hydrogen-bond acceptors (Lipinski definition) is 3. The second-order valence-corrected chi connectivity index (χ2v) is 3.18. The van der Waals surface area contributed by atoms with Crippen molar-refractivity contribution >= 4 is 6.29 Å². The van der Waals surface area contributed by atoms with Crippen LogP contribution in [-0.2, 0) is 14.3 Å². The van der Waals surface area contributed by atoms with Crippen LogP contribution in [-0.4, -0.2) is 25.8 Å². The summed E-state index contributed by atoms with van der Waals surface area (Å²) in [5, 5.41) is 0. The Bertz CT molecular complexity index is 171. The van der Waals surface area contributed by atoms with E-state index in [1.165, 1.54) is 0 Å². The average molecular weight is 184 g/mol. The average Bonchev–Trinajstić information content (AvgIpc) is 2.19. The Labute approximate surface area is 78.7 Å². The Kier molecular flexibility index (Phi) is 4.72. The number of ether oxygens (including phenoxy) is 2. The largest absolute Gasteiger partial charge is 0.352 e. The summed E-state index contributed by atoms with van der Waals surface area (Å²) in [6.07, 6.45) is 6.33. The summed E-state index contributed by atoms with van der Waals surface area (Å²) < 4.78 is 10.7. The van der Waals surface area contributed by atoms with Crippen molar-refractivity contribution < 1.29 is 14.3 Å². The molecule has 0 saturated carbocycles. The summed E-state index contributed by atoms with van der Waals surface area (Å²) in [5.74, 6) is -0.0106. The molecule has 1 aliphatic rings. The first-order valence-corrected chi connectivity index (χ1v) is 4.68. The van der Waals surface area contributed by atoms with Crippen molar-refractivity contribution in [2.45, 2.75) is 26.1 Å². The molecule has 3 nitrogen and oxygen atoms in total. The van der Waals surface area contributed by atoms with Crippen LogP contribution in [0.1, 0.15) is 19.8 Å². The molecule has 3 heteroatoms. The van der Waals surface area contributed by atoms with E-state index in [0.717, 1.165) is 32.3 Å². The Morgan fingerprint density at radius 3 is 2.77 bits per heavy atom. The van der Waals surface area contributed by atoms with E-state index in [2.05, 4.69) is 0 Å². The van der Waals surface area contributed by atoms with E-state index in [1.807, 2.05) is 19.1 Å². The molecule has 1 rings (SSSR count). The molecule has 1 aliphatic heterocycles. The first kappa shape index (κ1) is 10.4. The van der Waals surface area contributed by atoms with Crippen LogP contribution < -0.4 is 0 Å². The van der Waals surface area contributed by atoms with E-state index >= 15 is 0 Å². The minimum Gasteiger partial charge on any atom is -0.352 e. The third-order valence-corrected chi connectivity index (χ3v) is 1.88. The molecule has 0 amide bonds. The van der Waals surface area contributed by atoms with Gasteiger partial charge >= 0.3 is 0 Å². The first-order chi connectivity index (χ1) is 6.33. The predicted octanol–water partition coefficient (Wildman–Crippen LogP) is 1.53. The third kappa shape index (κ3) is 4.20. The molecule has 1 heterocycles. The van der Waals surface area contributed by atoms with E-state index < -0.39 is 0 Å². The quantitative estimate of drug-likeness (QED) is 0.491. The zero-order valence-corrected chi connectivity index (χ0v) is 7.94. The fourth-order valence-corrected chi connectivity index (χ4v) is 1.12. The molecule has 1 saturated heterocycles. The molecule has 0 aliphatic carbocycles. The Morgan fingerprint density at radius 2 is 2.15 bits per heavy atom. The van der Waals surface area contributed by atoms with Crippen LogP contribution in [0.2, 0.25) is 0 Å². The summed E-state index contributed by atoms with van der Waals surface area (Å²) >= 11 is 0. The van der Waals surface area contributed by atoms with Gasteiger partial charge in [-0.3, -0.25) is 0 Å². The van der Waals surface area contributed by atoms with Gasteiger partial charge in [-0.2, -0.15) is 0 Å². The summed E-state index contributed by atoms with van der Waals surface area (Å²) in [6, 6.07) is 0. The number of hydrogen-bond donors (Lipinski definition) is 0. The highest BCUT2D eigenvalue weighted by molar-refractivity contribution is 5.55. The van der Waals surface area contributed by atoms with Crippen molar-refractivity contribution in [1.29, 1.82) is 0 Å². The maximum atomic E-state index is 10.3. The molecule has 0 radical (unpaired) electrons. The topological polar surface area (TPSA) is 35.5 Å². The Hall–Kier alpha value is -0.670. The van der Waals surface area contributed by atoms with Gasteiger partial charge in [-0.05, 0) is 6.42 Å². The molecule has 1 unspecified atom stereocenters. The SMILES string of the molecule is CC(C=O)C=CCC1OCCCO1. The van der Waals surface area contributed by atoms with Crippen molar-refractivity contribution in [3.63, 3.8) is 0 Å². The second-order valence-electron chi connectivity index (χ2n) is 3.18. The van der Waals surface area contributed by atoms with Crippen molar-refractivity contribution in [3.8, 4) is 0 Å². The minimum absolute atomic E-state index is 0.0106. The zero-order valence-electron chi connectivity index (χ0n) is 7.94. The van der Waals surface area contributed by atoms with Crippen LogP contribution in [0.15, 0.2) is 12.2 Å². The van der Waals surface area contributed by atoms with E-state index in [1.54, 1.807) is 0 Å².